The maximum atomic E-state index is 12.3. The molecule has 1 unspecified atom stereocenters. The van der Waals surface area contributed by atoms with E-state index in [1.807, 2.05) is 6.92 Å². The zero-order valence-corrected chi connectivity index (χ0v) is 10.5. The van der Waals surface area contributed by atoms with Crippen molar-refractivity contribution in [2.75, 3.05) is 6.54 Å². The van der Waals surface area contributed by atoms with Crippen molar-refractivity contribution < 1.29 is 14.7 Å². The third kappa shape index (κ3) is 1.89. The number of amides is 1. The lowest BCUT2D eigenvalue weighted by Gasteiger charge is -2.34. The SMILES string of the molecule is CCCC1(C(=O)O)CCCN1C(=O)c1ccc[nH]1. The van der Waals surface area contributed by atoms with Crippen LogP contribution in [0, 0.1) is 0 Å². The highest BCUT2D eigenvalue weighted by Gasteiger charge is 2.49. The topological polar surface area (TPSA) is 73.4 Å². The number of H-pyrrole nitrogens is 1. The maximum absolute atomic E-state index is 12.3. The van der Waals surface area contributed by atoms with Crippen LogP contribution in [0.2, 0.25) is 0 Å². The highest BCUT2D eigenvalue weighted by molar-refractivity contribution is 5.97. The normalized spacial score (nSPS) is 23.3. The van der Waals surface area contributed by atoms with Gasteiger partial charge in [-0.2, -0.15) is 0 Å². The van der Waals surface area contributed by atoms with Crippen molar-refractivity contribution in [3.05, 3.63) is 24.0 Å². The van der Waals surface area contributed by atoms with Gasteiger partial charge in [0.1, 0.15) is 11.2 Å². The van der Waals surface area contributed by atoms with Crippen LogP contribution in [0.1, 0.15) is 43.1 Å². The van der Waals surface area contributed by atoms with Gasteiger partial charge in [-0.25, -0.2) is 4.79 Å². The van der Waals surface area contributed by atoms with Gasteiger partial charge >= 0.3 is 5.97 Å². The van der Waals surface area contributed by atoms with Gasteiger partial charge in [0, 0.05) is 12.7 Å². The Bertz CT molecular complexity index is 441. The number of carbonyl (C=O) groups is 2. The lowest BCUT2D eigenvalue weighted by atomic mass is 9.90. The summed E-state index contributed by atoms with van der Waals surface area (Å²) in [4.78, 5) is 28.3. The van der Waals surface area contributed by atoms with Gasteiger partial charge in [0.05, 0.1) is 0 Å². The Labute approximate surface area is 106 Å². The molecule has 5 heteroatoms. The molecule has 0 bridgehead atoms. The number of hydrogen-bond acceptors (Lipinski definition) is 2. The molecular formula is C13H18N2O3. The Morgan fingerprint density at radius 2 is 2.33 bits per heavy atom. The Morgan fingerprint density at radius 3 is 2.89 bits per heavy atom. The Kier molecular flexibility index (Phi) is 3.41. The molecule has 0 aromatic carbocycles. The van der Waals surface area contributed by atoms with Crippen LogP contribution < -0.4 is 0 Å². The molecule has 0 spiro atoms. The molecule has 1 aliphatic rings. The van der Waals surface area contributed by atoms with Gasteiger partial charge in [-0.3, -0.25) is 4.79 Å². The summed E-state index contributed by atoms with van der Waals surface area (Å²) in [7, 11) is 0. The van der Waals surface area contributed by atoms with Crippen molar-refractivity contribution in [3.63, 3.8) is 0 Å². The summed E-state index contributed by atoms with van der Waals surface area (Å²) in [5.41, 5.74) is -0.560. The van der Waals surface area contributed by atoms with E-state index >= 15 is 0 Å². The van der Waals surface area contributed by atoms with E-state index < -0.39 is 11.5 Å². The molecular weight excluding hydrogens is 232 g/mol. The van der Waals surface area contributed by atoms with E-state index in [-0.39, 0.29) is 5.91 Å². The fourth-order valence-electron chi connectivity index (χ4n) is 2.79. The van der Waals surface area contributed by atoms with Crippen molar-refractivity contribution in [1.29, 1.82) is 0 Å². The second-order valence-electron chi connectivity index (χ2n) is 4.73. The molecule has 2 N–H and O–H groups in total. The van der Waals surface area contributed by atoms with Crippen molar-refractivity contribution >= 4 is 11.9 Å². The van der Waals surface area contributed by atoms with Crippen LogP contribution in [-0.2, 0) is 4.79 Å². The quantitative estimate of drug-likeness (QED) is 0.856. The number of carbonyl (C=O) groups excluding carboxylic acids is 1. The Morgan fingerprint density at radius 1 is 1.56 bits per heavy atom. The summed E-state index contributed by atoms with van der Waals surface area (Å²) in [6.45, 7) is 2.46. The predicted octanol–water partition coefficient (Wildman–Crippen LogP) is 1.87. The molecule has 0 saturated carbocycles. The van der Waals surface area contributed by atoms with Crippen molar-refractivity contribution in [2.45, 2.75) is 38.1 Å². The number of aromatic amines is 1. The number of aromatic nitrogens is 1. The fraction of sp³-hybridized carbons (Fsp3) is 0.538. The van der Waals surface area contributed by atoms with E-state index in [1.165, 1.54) is 4.90 Å². The molecule has 1 aromatic rings. The number of nitrogens with zero attached hydrogens (tertiary/aromatic N) is 1. The molecule has 5 nitrogen and oxygen atoms in total. The van der Waals surface area contributed by atoms with Crippen molar-refractivity contribution in [2.24, 2.45) is 0 Å². The van der Waals surface area contributed by atoms with Gasteiger partial charge in [0.2, 0.25) is 0 Å². The lowest BCUT2D eigenvalue weighted by molar-refractivity contribution is -0.148. The summed E-state index contributed by atoms with van der Waals surface area (Å²) in [6, 6.07) is 3.42. The van der Waals surface area contributed by atoms with Crippen LogP contribution in [0.3, 0.4) is 0 Å². The van der Waals surface area contributed by atoms with Crippen LogP contribution in [0.25, 0.3) is 0 Å². The molecule has 1 saturated heterocycles. The highest BCUT2D eigenvalue weighted by Crippen LogP contribution is 2.35. The van der Waals surface area contributed by atoms with Gasteiger partial charge in [-0.15, -0.1) is 0 Å². The third-order valence-corrected chi connectivity index (χ3v) is 3.62. The molecule has 1 amide bonds. The largest absolute Gasteiger partial charge is 0.479 e. The van der Waals surface area contributed by atoms with Crippen LogP contribution in [-0.4, -0.2) is 39.0 Å². The summed E-state index contributed by atoms with van der Waals surface area (Å²) < 4.78 is 0. The van der Waals surface area contributed by atoms with E-state index in [9.17, 15) is 14.7 Å². The molecule has 2 heterocycles. The van der Waals surface area contributed by atoms with Gasteiger partial charge in [0.25, 0.3) is 5.91 Å². The minimum Gasteiger partial charge on any atom is -0.479 e. The van der Waals surface area contributed by atoms with Crippen LogP contribution >= 0.6 is 0 Å². The van der Waals surface area contributed by atoms with Gasteiger partial charge in [-0.05, 0) is 31.4 Å². The lowest BCUT2D eigenvalue weighted by Crippen LogP contribution is -2.53. The van der Waals surface area contributed by atoms with Gasteiger partial charge in [-0.1, -0.05) is 13.3 Å². The van der Waals surface area contributed by atoms with E-state index in [2.05, 4.69) is 4.98 Å². The Balaban J connectivity index is 2.30. The van der Waals surface area contributed by atoms with Crippen molar-refractivity contribution in [1.82, 2.24) is 9.88 Å². The summed E-state index contributed by atoms with van der Waals surface area (Å²) >= 11 is 0. The predicted molar refractivity (Wildman–Crippen MR) is 66.3 cm³/mol. The molecule has 2 rings (SSSR count). The molecule has 1 aliphatic heterocycles. The first kappa shape index (κ1) is 12.7. The summed E-state index contributed by atoms with van der Waals surface area (Å²) in [6.07, 6.45) is 4.22. The number of carboxylic acids is 1. The molecule has 18 heavy (non-hydrogen) atoms. The summed E-state index contributed by atoms with van der Waals surface area (Å²) in [5.74, 6) is -1.10. The first-order valence-electron chi connectivity index (χ1n) is 6.30. The molecule has 1 atom stereocenters. The minimum absolute atomic E-state index is 0.214. The zero-order valence-electron chi connectivity index (χ0n) is 10.5. The van der Waals surface area contributed by atoms with Crippen LogP contribution in [0.5, 0.6) is 0 Å². The number of carboxylic acid groups (broad SMARTS) is 1. The Hall–Kier alpha value is -1.78. The van der Waals surface area contributed by atoms with Crippen molar-refractivity contribution in [3.8, 4) is 0 Å². The second kappa shape index (κ2) is 4.84. The molecule has 0 aliphatic carbocycles. The van der Waals surface area contributed by atoms with E-state index in [4.69, 9.17) is 0 Å². The number of aliphatic carboxylic acids is 1. The van der Waals surface area contributed by atoms with Crippen LogP contribution in [0.4, 0.5) is 0 Å². The molecule has 98 valence electrons. The summed E-state index contributed by atoms with van der Waals surface area (Å²) in [5, 5.41) is 9.51. The fourth-order valence-corrected chi connectivity index (χ4v) is 2.79. The van der Waals surface area contributed by atoms with Gasteiger partial charge < -0.3 is 15.0 Å². The number of likely N-dealkylation sites (tertiary alicyclic amines) is 1. The zero-order chi connectivity index (χ0) is 13.2. The number of hydrogen-bond donors (Lipinski definition) is 2. The number of rotatable bonds is 4. The highest BCUT2D eigenvalue weighted by atomic mass is 16.4. The minimum atomic E-state index is -1.02. The number of nitrogens with one attached hydrogen (secondary N) is 1. The second-order valence-corrected chi connectivity index (χ2v) is 4.73. The monoisotopic (exact) mass is 250 g/mol. The van der Waals surface area contributed by atoms with E-state index in [0.717, 1.165) is 12.8 Å². The van der Waals surface area contributed by atoms with Gasteiger partial charge in [0.15, 0.2) is 0 Å². The first-order valence-corrected chi connectivity index (χ1v) is 6.30. The maximum Gasteiger partial charge on any atom is 0.329 e. The molecule has 1 aromatic heterocycles. The smallest absolute Gasteiger partial charge is 0.329 e. The average Bonchev–Trinajstić information content (AvgIpc) is 2.98. The van der Waals surface area contributed by atoms with Crippen LogP contribution in [0.15, 0.2) is 18.3 Å². The van der Waals surface area contributed by atoms with E-state index in [1.54, 1.807) is 18.3 Å². The molecule has 1 fully saturated rings. The molecule has 0 radical (unpaired) electrons. The first-order chi connectivity index (χ1) is 8.62. The standard InChI is InChI=1S/C13H18N2O3/c1-2-6-13(12(17)18)7-4-9-15(13)11(16)10-5-3-8-14-10/h3,5,8,14H,2,4,6-7,9H2,1H3,(H,17,18). The third-order valence-electron chi connectivity index (χ3n) is 3.62. The van der Waals surface area contributed by atoms with E-state index in [0.29, 0.717) is 25.1 Å². The average molecular weight is 250 g/mol.